The molecular formula is C37H28ClN9O9. The van der Waals surface area contributed by atoms with E-state index in [-0.39, 0.29) is 46.8 Å². The number of fused-ring (bicyclic) bond motifs is 1. The fourth-order valence-electron chi connectivity index (χ4n) is 6.27. The first-order valence-corrected chi connectivity index (χ1v) is 17.1. The van der Waals surface area contributed by atoms with Crippen molar-refractivity contribution in [1.29, 1.82) is 0 Å². The van der Waals surface area contributed by atoms with Gasteiger partial charge in [-0.2, -0.15) is 4.68 Å². The van der Waals surface area contributed by atoms with Gasteiger partial charge in [-0.25, -0.2) is 19.0 Å². The van der Waals surface area contributed by atoms with Crippen LogP contribution in [0.4, 0.5) is 26.7 Å². The molecule has 1 unspecified atom stereocenters. The van der Waals surface area contributed by atoms with Crippen molar-refractivity contribution >= 4 is 75.4 Å². The molecule has 282 valence electrons. The minimum atomic E-state index is -1.51. The van der Waals surface area contributed by atoms with Crippen molar-refractivity contribution in [3.05, 3.63) is 120 Å². The number of rotatable bonds is 10. The van der Waals surface area contributed by atoms with Crippen molar-refractivity contribution in [3.8, 4) is 11.4 Å². The number of piperazine rings is 1. The zero-order valence-electron chi connectivity index (χ0n) is 28.8. The summed E-state index contributed by atoms with van der Waals surface area (Å²) in [6.45, 7) is -0.125. The lowest BCUT2D eigenvalue weighted by atomic mass is 10.0. The van der Waals surface area contributed by atoms with E-state index >= 15 is 0 Å². The van der Waals surface area contributed by atoms with Gasteiger partial charge in [0.2, 0.25) is 5.91 Å². The van der Waals surface area contributed by atoms with Crippen molar-refractivity contribution < 1.29 is 43.7 Å². The van der Waals surface area contributed by atoms with Crippen LogP contribution in [-0.4, -0.2) is 94.9 Å². The number of hydrogen-bond donors (Lipinski definition) is 4. The number of anilines is 3. The Kier molecular flexibility index (Phi) is 10.1. The highest BCUT2D eigenvalue weighted by Crippen LogP contribution is 2.30. The van der Waals surface area contributed by atoms with E-state index in [0.717, 1.165) is 11.0 Å². The highest BCUT2D eigenvalue weighted by molar-refractivity contribution is 6.41. The lowest BCUT2D eigenvalue weighted by molar-refractivity contribution is -0.149. The molecule has 56 heavy (non-hydrogen) atoms. The van der Waals surface area contributed by atoms with E-state index in [2.05, 4.69) is 26.2 Å². The third-order valence-electron chi connectivity index (χ3n) is 8.82. The van der Waals surface area contributed by atoms with Gasteiger partial charge in [-0.1, -0.05) is 41.9 Å². The molecule has 4 aromatic carbocycles. The van der Waals surface area contributed by atoms with Gasteiger partial charge in [0.1, 0.15) is 23.8 Å². The molecule has 1 fully saturated rings. The second-order valence-corrected chi connectivity index (χ2v) is 12.7. The molecule has 1 aliphatic rings. The number of halogens is 1. The summed E-state index contributed by atoms with van der Waals surface area (Å²) in [6, 6.07) is 23.6. The molecule has 1 aliphatic heterocycles. The zero-order chi connectivity index (χ0) is 39.5. The maximum atomic E-state index is 14.1. The Balaban J connectivity index is 1.16. The van der Waals surface area contributed by atoms with Crippen molar-refractivity contribution in [1.82, 2.24) is 29.7 Å². The van der Waals surface area contributed by atoms with E-state index in [1.807, 2.05) is 0 Å². The molecule has 18 nitrogen and oxygen atoms in total. The molecule has 19 heteroatoms. The third-order valence-corrected chi connectivity index (χ3v) is 9.05. The van der Waals surface area contributed by atoms with Gasteiger partial charge in [0, 0.05) is 41.3 Å². The maximum Gasteiger partial charge on any atom is 0.417 e. The van der Waals surface area contributed by atoms with Crippen molar-refractivity contribution in [2.45, 2.75) is 12.5 Å². The minimum absolute atomic E-state index is 0.0389. The third kappa shape index (κ3) is 7.57. The predicted octanol–water partition coefficient (Wildman–Crippen LogP) is 4.53. The quantitative estimate of drug-likeness (QED) is 0.141. The SMILES string of the molecule is O=C(Nc1ccc(CC(C(=O)Nc2ccc3c(c2)cc(C(=O)O)n3C(=O)O)N2CCN(c3cc(Cl)ccc3-n3cnnn3)C(=O)C2=O)cc1)Oc1ccccc1. The first-order valence-electron chi connectivity index (χ1n) is 16.7. The average Bonchev–Trinajstić information content (AvgIpc) is 3.85. The second-order valence-electron chi connectivity index (χ2n) is 12.3. The number of para-hydroxylation sites is 1. The van der Waals surface area contributed by atoms with E-state index in [9.17, 15) is 39.0 Å². The lowest BCUT2D eigenvalue weighted by Gasteiger charge is -2.38. The second kappa shape index (κ2) is 15.4. The fraction of sp³-hybridized carbons (Fsp3) is 0.108. The van der Waals surface area contributed by atoms with Gasteiger partial charge in [-0.05, 0) is 82.7 Å². The summed E-state index contributed by atoms with van der Waals surface area (Å²) in [5.41, 5.74) is 1.34. The van der Waals surface area contributed by atoms with Gasteiger partial charge in [-0.3, -0.25) is 19.7 Å². The van der Waals surface area contributed by atoms with Gasteiger partial charge >= 0.3 is 30.0 Å². The summed E-state index contributed by atoms with van der Waals surface area (Å²) in [6.07, 6.45) is -0.988. The van der Waals surface area contributed by atoms with E-state index in [0.29, 0.717) is 27.3 Å². The Morgan fingerprint density at radius 2 is 1.57 bits per heavy atom. The van der Waals surface area contributed by atoms with Crippen LogP contribution in [0.3, 0.4) is 0 Å². The molecule has 1 atom stereocenters. The molecule has 0 radical (unpaired) electrons. The van der Waals surface area contributed by atoms with Crippen LogP contribution >= 0.6 is 11.6 Å². The average molecular weight is 778 g/mol. The number of carboxylic acids is 1. The van der Waals surface area contributed by atoms with Crippen molar-refractivity contribution in [2.24, 2.45) is 0 Å². The normalized spacial score (nSPS) is 13.4. The number of nitrogens with zero attached hydrogens (tertiary/aromatic N) is 7. The molecule has 0 spiro atoms. The van der Waals surface area contributed by atoms with Gasteiger partial charge < -0.3 is 30.1 Å². The molecule has 0 bridgehead atoms. The van der Waals surface area contributed by atoms with Crippen LogP contribution in [0.5, 0.6) is 5.75 Å². The van der Waals surface area contributed by atoms with Crippen LogP contribution in [-0.2, 0) is 20.8 Å². The Hall–Kier alpha value is -7.60. The number of ether oxygens (including phenoxy) is 1. The summed E-state index contributed by atoms with van der Waals surface area (Å²) in [5.74, 6) is -3.74. The molecule has 2 aromatic heterocycles. The van der Waals surface area contributed by atoms with Crippen LogP contribution in [0.25, 0.3) is 16.6 Å². The van der Waals surface area contributed by atoms with Gasteiger partial charge in [-0.15, -0.1) is 5.10 Å². The molecule has 7 rings (SSSR count). The van der Waals surface area contributed by atoms with E-state index in [4.69, 9.17) is 16.3 Å². The highest BCUT2D eigenvalue weighted by atomic mass is 35.5. The number of benzene rings is 4. The smallest absolute Gasteiger partial charge is 0.417 e. The number of carbonyl (C=O) groups excluding carboxylic acids is 4. The van der Waals surface area contributed by atoms with Crippen LogP contribution in [0, 0.1) is 0 Å². The number of aromatic nitrogens is 5. The standard InChI is InChI=1S/C37H28ClN9O9/c38-23-8-12-28(46-20-39-42-43-46)29(19-23)44-14-15-45(34(50)33(44)49)30(16-21-6-9-24(10-7-21)41-36(53)56-26-4-2-1-3-5-26)32(48)40-25-11-13-27-22(17-25)18-31(35(51)52)47(27)37(54)55/h1-13,17-20,30H,14-16H2,(H,40,48)(H,41,53)(H,51,52)(H,54,55). The summed E-state index contributed by atoms with van der Waals surface area (Å²) < 4.78 is 7.20. The summed E-state index contributed by atoms with van der Waals surface area (Å²) in [7, 11) is 0. The van der Waals surface area contributed by atoms with Crippen LogP contribution in [0.15, 0.2) is 103 Å². The lowest BCUT2D eigenvalue weighted by Crippen LogP contribution is -2.60. The number of tetrazole rings is 1. The Morgan fingerprint density at radius 3 is 2.27 bits per heavy atom. The first kappa shape index (κ1) is 36.7. The number of carboxylic acid groups (broad SMARTS) is 2. The number of carbonyl (C=O) groups is 6. The number of hydrogen-bond acceptors (Lipinski definition) is 10. The van der Waals surface area contributed by atoms with Gasteiger partial charge in [0.25, 0.3) is 0 Å². The largest absolute Gasteiger partial charge is 0.477 e. The minimum Gasteiger partial charge on any atom is -0.477 e. The Labute approximate surface area is 320 Å². The number of nitrogens with one attached hydrogen (secondary N) is 2. The number of aromatic carboxylic acids is 1. The van der Waals surface area contributed by atoms with E-state index in [1.54, 1.807) is 66.7 Å². The zero-order valence-corrected chi connectivity index (χ0v) is 29.5. The highest BCUT2D eigenvalue weighted by Gasteiger charge is 2.40. The van der Waals surface area contributed by atoms with Crippen LogP contribution in [0.2, 0.25) is 5.02 Å². The summed E-state index contributed by atoms with van der Waals surface area (Å²) >= 11 is 6.29. The molecule has 0 saturated carbocycles. The van der Waals surface area contributed by atoms with Crippen molar-refractivity contribution in [2.75, 3.05) is 28.6 Å². The van der Waals surface area contributed by atoms with Gasteiger partial charge in [0.15, 0.2) is 0 Å². The molecular weight excluding hydrogens is 750 g/mol. The first-order chi connectivity index (χ1) is 27.0. The fourth-order valence-corrected chi connectivity index (χ4v) is 6.43. The van der Waals surface area contributed by atoms with Gasteiger partial charge in [0.05, 0.1) is 16.9 Å². The van der Waals surface area contributed by atoms with E-state index < -0.39 is 47.6 Å². The monoisotopic (exact) mass is 777 g/mol. The van der Waals surface area contributed by atoms with Crippen molar-refractivity contribution in [3.63, 3.8) is 0 Å². The molecule has 6 aromatic rings. The molecule has 1 saturated heterocycles. The molecule has 4 N–H and O–H groups in total. The summed E-state index contributed by atoms with van der Waals surface area (Å²) in [5, 5.41) is 36.2. The van der Waals surface area contributed by atoms with E-state index in [1.165, 1.54) is 40.2 Å². The predicted molar refractivity (Wildman–Crippen MR) is 199 cm³/mol. The molecule has 0 aliphatic carbocycles. The Morgan fingerprint density at radius 1 is 0.821 bits per heavy atom. The maximum absolute atomic E-state index is 14.1. The summed E-state index contributed by atoms with van der Waals surface area (Å²) in [4.78, 5) is 80.3. The van der Waals surface area contributed by atoms with Crippen LogP contribution < -0.4 is 20.3 Å². The number of amides is 4. The molecule has 4 amide bonds. The van der Waals surface area contributed by atoms with Crippen LogP contribution in [0.1, 0.15) is 16.1 Å². The molecule has 3 heterocycles. The topological polar surface area (TPSA) is 231 Å². The Bertz CT molecular complexity index is 2510.